The number of hydrogen-bond acceptors (Lipinski definition) is 2. The molecule has 1 aromatic heterocycles. The van der Waals surface area contributed by atoms with Gasteiger partial charge in [0.15, 0.2) is 5.15 Å². The van der Waals surface area contributed by atoms with E-state index in [-0.39, 0.29) is 11.8 Å². The number of anilines is 1. The largest absolute Gasteiger partial charge is 0.323 e. The number of nitrogens with one attached hydrogen (secondary N) is 1. The Morgan fingerprint density at radius 2 is 2.40 bits per heavy atom. The number of amides is 1. The molecule has 5 heteroatoms. The highest BCUT2D eigenvalue weighted by atomic mass is 79.9. The Balaban J connectivity index is 2.10. The summed E-state index contributed by atoms with van der Waals surface area (Å²) in [5.41, 5.74) is 0.565. The minimum atomic E-state index is 0.0318. The van der Waals surface area contributed by atoms with Crippen LogP contribution >= 0.6 is 27.5 Å². The topological polar surface area (TPSA) is 42.0 Å². The predicted octanol–water partition coefficient (Wildman–Crippen LogP) is 3.09. The number of nitrogens with zero attached hydrogens (tertiary/aromatic N) is 1. The average molecular weight is 290 g/mol. The fraction of sp³-hybridized carbons (Fsp3) is 0.400. The molecule has 0 aromatic carbocycles. The van der Waals surface area contributed by atoms with Crippen molar-refractivity contribution in [3.05, 3.63) is 21.9 Å². The summed E-state index contributed by atoms with van der Waals surface area (Å²) in [5.74, 6) is 0.660. The van der Waals surface area contributed by atoms with E-state index >= 15 is 0 Å². The van der Waals surface area contributed by atoms with Crippen LogP contribution in [0.4, 0.5) is 5.69 Å². The maximum atomic E-state index is 11.6. The molecule has 1 heterocycles. The maximum Gasteiger partial charge on any atom is 0.227 e. The van der Waals surface area contributed by atoms with Gasteiger partial charge in [-0.25, -0.2) is 4.98 Å². The summed E-state index contributed by atoms with van der Waals surface area (Å²) in [6.45, 7) is 2.06. The summed E-state index contributed by atoms with van der Waals surface area (Å²) in [5, 5.41) is 3.10. The molecule has 2 rings (SSSR count). The van der Waals surface area contributed by atoms with Crippen molar-refractivity contribution in [1.29, 1.82) is 0 Å². The third kappa shape index (κ3) is 2.49. The van der Waals surface area contributed by atoms with Gasteiger partial charge in [0.25, 0.3) is 0 Å². The van der Waals surface area contributed by atoms with E-state index in [1.807, 2.05) is 0 Å². The van der Waals surface area contributed by atoms with Crippen LogP contribution in [0.25, 0.3) is 0 Å². The number of aromatic nitrogens is 1. The van der Waals surface area contributed by atoms with Crippen LogP contribution in [0, 0.1) is 11.8 Å². The number of rotatable bonds is 2. The molecule has 2 atom stereocenters. The van der Waals surface area contributed by atoms with E-state index in [0.717, 1.165) is 10.9 Å². The van der Waals surface area contributed by atoms with Crippen LogP contribution in [0.15, 0.2) is 16.7 Å². The molecule has 1 aliphatic carbocycles. The molecule has 80 valence electrons. The molecule has 1 aliphatic rings. The second kappa shape index (κ2) is 4.10. The van der Waals surface area contributed by atoms with Crippen LogP contribution in [0.5, 0.6) is 0 Å². The Morgan fingerprint density at radius 1 is 1.73 bits per heavy atom. The Labute approximate surface area is 101 Å². The van der Waals surface area contributed by atoms with Crippen molar-refractivity contribution in [2.45, 2.75) is 13.3 Å². The number of halogens is 2. The van der Waals surface area contributed by atoms with Crippen molar-refractivity contribution < 1.29 is 4.79 Å². The molecule has 1 fully saturated rings. The van der Waals surface area contributed by atoms with E-state index in [2.05, 4.69) is 33.2 Å². The van der Waals surface area contributed by atoms with E-state index in [1.54, 1.807) is 12.3 Å². The molecule has 3 nitrogen and oxygen atoms in total. The van der Waals surface area contributed by atoms with Crippen molar-refractivity contribution in [3.8, 4) is 0 Å². The minimum Gasteiger partial charge on any atom is -0.323 e. The van der Waals surface area contributed by atoms with Crippen molar-refractivity contribution in [2.75, 3.05) is 5.32 Å². The maximum absolute atomic E-state index is 11.6. The second-order valence-corrected chi connectivity index (χ2v) is 5.07. The lowest BCUT2D eigenvalue weighted by Crippen LogP contribution is -2.14. The smallest absolute Gasteiger partial charge is 0.227 e. The van der Waals surface area contributed by atoms with Gasteiger partial charge in [0.05, 0.1) is 5.69 Å². The minimum absolute atomic E-state index is 0.0318. The Bertz CT molecular complexity index is 410. The van der Waals surface area contributed by atoms with E-state index in [0.29, 0.717) is 16.8 Å². The predicted molar refractivity (Wildman–Crippen MR) is 62.8 cm³/mol. The Morgan fingerprint density at radius 3 is 3.00 bits per heavy atom. The number of carbonyl (C=O) groups is 1. The van der Waals surface area contributed by atoms with E-state index < -0.39 is 0 Å². The van der Waals surface area contributed by atoms with Crippen molar-refractivity contribution >= 4 is 39.1 Å². The molecule has 2 unspecified atom stereocenters. The molecule has 1 amide bonds. The second-order valence-electron chi connectivity index (χ2n) is 3.80. The lowest BCUT2D eigenvalue weighted by molar-refractivity contribution is -0.117. The molecule has 0 radical (unpaired) electrons. The van der Waals surface area contributed by atoms with Gasteiger partial charge in [-0.2, -0.15) is 0 Å². The van der Waals surface area contributed by atoms with Crippen LogP contribution in [-0.2, 0) is 4.79 Å². The summed E-state index contributed by atoms with van der Waals surface area (Å²) in [4.78, 5) is 15.6. The van der Waals surface area contributed by atoms with E-state index in [9.17, 15) is 4.79 Å². The number of pyridine rings is 1. The van der Waals surface area contributed by atoms with Gasteiger partial charge in [-0.05, 0) is 34.3 Å². The molecule has 1 aromatic rings. The molecule has 15 heavy (non-hydrogen) atoms. The summed E-state index contributed by atoms with van der Waals surface area (Å²) in [6.07, 6.45) is 2.56. The zero-order valence-corrected chi connectivity index (χ0v) is 10.5. The van der Waals surface area contributed by atoms with E-state index in [1.165, 1.54) is 0 Å². The van der Waals surface area contributed by atoms with Crippen LogP contribution in [0.3, 0.4) is 0 Å². The zero-order valence-electron chi connectivity index (χ0n) is 8.13. The first-order valence-corrected chi connectivity index (χ1v) is 5.87. The van der Waals surface area contributed by atoms with Crippen LogP contribution < -0.4 is 5.32 Å². The molecule has 0 spiro atoms. The van der Waals surface area contributed by atoms with Gasteiger partial charge in [-0.1, -0.05) is 18.5 Å². The number of carbonyl (C=O) groups excluding carboxylic acids is 1. The molecular weight excluding hydrogens is 279 g/mol. The first kappa shape index (κ1) is 10.9. The monoisotopic (exact) mass is 288 g/mol. The molecule has 1 N–H and O–H groups in total. The fourth-order valence-corrected chi connectivity index (χ4v) is 1.90. The Kier molecular flexibility index (Phi) is 2.98. The van der Waals surface area contributed by atoms with Crippen LogP contribution in [-0.4, -0.2) is 10.9 Å². The van der Waals surface area contributed by atoms with E-state index in [4.69, 9.17) is 11.6 Å². The fourth-order valence-electron chi connectivity index (χ4n) is 1.42. The van der Waals surface area contributed by atoms with Gasteiger partial charge in [0.2, 0.25) is 5.91 Å². The highest BCUT2D eigenvalue weighted by Gasteiger charge is 2.39. The van der Waals surface area contributed by atoms with Crippen molar-refractivity contribution in [1.82, 2.24) is 4.98 Å². The lowest BCUT2D eigenvalue weighted by atomic mass is 10.3. The summed E-state index contributed by atoms with van der Waals surface area (Å²) < 4.78 is 0.797. The first-order valence-electron chi connectivity index (χ1n) is 4.70. The summed E-state index contributed by atoms with van der Waals surface area (Å²) in [7, 11) is 0. The average Bonchev–Trinajstić information content (AvgIpc) is 2.89. The standard InChI is InChI=1S/C10H10BrClN2O/c1-5-2-7(5)10(15)14-8-3-6(11)4-13-9(8)12/h3-5,7H,2H2,1H3,(H,14,15). The van der Waals surface area contributed by atoms with Gasteiger partial charge >= 0.3 is 0 Å². The zero-order chi connectivity index (χ0) is 11.0. The normalized spacial score (nSPS) is 23.7. The van der Waals surface area contributed by atoms with Crippen LogP contribution in [0.2, 0.25) is 5.15 Å². The molecule has 0 saturated heterocycles. The number of hydrogen-bond donors (Lipinski definition) is 1. The van der Waals surface area contributed by atoms with Crippen LogP contribution in [0.1, 0.15) is 13.3 Å². The van der Waals surface area contributed by atoms with Gasteiger partial charge in [0.1, 0.15) is 0 Å². The van der Waals surface area contributed by atoms with Crippen molar-refractivity contribution in [2.24, 2.45) is 11.8 Å². The van der Waals surface area contributed by atoms with Gasteiger partial charge in [0, 0.05) is 16.6 Å². The lowest BCUT2D eigenvalue weighted by Gasteiger charge is -2.06. The van der Waals surface area contributed by atoms with Gasteiger partial charge in [-0.3, -0.25) is 4.79 Å². The van der Waals surface area contributed by atoms with Gasteiger partial charge < -0.3 is 5.32 Å². The van der Waals surface area contributed by atoms with Gasteiger partial charge in [-0.15, -0.1) is 0 Å². The Hall–Kier alpha value is -0.610. The SMILES string of the molecule is CC1CC1C(=O)Nc1cc(Br)cnc1Cl. The van der Waals surface area contributed by atoms with Crippen molar-refractivity contribution in [3.63, 3.8) is 0 Å². The molecule has 1 saturated carbocycles. The highest BCUT2D eigenvalue weighted by molar-refractivity contribution is 9.10. The third-order valence-corrected chi connectivity index (χ3v) is 3.24. The highest BCUT2D eigenvalue weighted by Crippen LogP contribution is 2.38. The molecule has 0 bridgehead atoms. The summed E-state index contributed by atoms with van der Waals surface area (Å²) >= 11 is 9.13. The molecule has 0 aliphatic heterocycles. The third-order valence-electron chi connectivity index (χ3n) is 2.51. The quantitative estimate of drug-likeness (QED) is 0.850. The summed E-state index contributed by atoms with van der Waals surface area (Å²) in [6, 6.07) is 1.75. The first-order chi connectivity index (χ1) is 7.08. The molecular formula is C10H10BrClN2O.